The molecule has 0 bridgehead atoms. The van der Waals surface area contributed by atoms with Crippen molar-refractivity contribution in [2.24, 2.45) is 0 Å². The van der Waals surface area contributed by atoms with Crippen LogP contribution in [0.2, 0.25) is 0 Å². The molecule has 0 radical (unpaired) electrons. The molecule has 4 rings (SSSR count). The highest BCUT2D eigenvalue weighted by atomic mass is 32.2. The molecule has 0 aliphatic carbocycles. The third-order valence-corrected chi connectivity index (χ3v) is 7.91. The number of hydrogen-bond acceptors (Lipinski definition) is 7. The third kappa shape index (κ3) is 4.84. The molecule has 0 saturated carbocycles. The fourth-order valence-electron chi connectivity index (χ4n) is 3.74. The van der Waals surface area contributed by atoms with Gasteiger partial charge in [-0.1, -0.05) is 0 Å². The highest BCUT2D eigenvalue weighted by molar-refractivity contribution is 7.89. The van der Waals surface area contributed by atoms with E-state index in [1.165, 1.54) is 29.7 Å². The first kappa shape index (κ1) is 23.9. The minimum atomic E-state index is -3.99. The van der Waals surface area contributed by atoms with E-state index in [2.05, 4.69) is 4.98 Å². The first-order valence-electron chi connectivity index (χ1n) is 10.7. The Balaban J connectivity index is 1.66. The van der Waals surface area contributed by atoms with Crippen molar-refractivity contribution in [3.63, 3.8) is 0 Å². The summed E-state index contributed by atoms with van der Waals surface area (Å²) in [7, 11) is -3.99. The maximum Gasteiger partial charge on any atom is 0.243 e. The molecule has 3 aromatic heterocycles. The fourth-order valence-corrected chi connectivity index (χ4v) is 5.85. The average Bonchev–Trinajstić information content (AvgIpc) is 3.56. The number of rotatable bonds is 10. The predicted octanol–water partition coefficient (Wildman–Crippen LogP) is 4.62. The number of sulfonamides is 1. The zero-order chi connectivity index (χ0) is 24.3. The number of Topliss-reactive ketones (excluding diaryl/α,β-unsaturated/α-hetero) is 1. The number of ether oxygens (including phenoxy) is 1. The van der Waals surface area contributed by atoms with Crippen LogP contribution in [0, 0.1) is 13.8 Å². The molecular weight excluding hydrogens is 474 g/mol. The molecule has 0 aliphatic heterocycles. The van der Waals surface area contributed by atoms with Crippen molar-refractivity contribution in [3.05, 3.63) is 83.0 Å². The van der Waals surface area contributed by atoms with Gasteiger partial charge in [-0.3, -0.25) is 9.36 Å². The molecule has 0 saturated heterocycles. The van der Waals surface area contributed by atoms with Crippen molar-refractivity contribution < 1.29 is 22.4 Å². The fraction of sp³-hybridized carbons (Fsp3) is 0.250. The lowest BCUT2D eigenvalue weighted by Gasteiger charge is -2.21. The van der Waals surface area contributed by atoms with Gasteiger partial charge in [0.25, 0.3) is 0 Å². The summed E-state index contributed by atoms with van der Waals surface area (Å²) in [4.78, 5) is 17.8. The number of ketones is 1. The van der Waals surface area contributed by atoms with E-state index in [0.29, 0.717) is 29.4 Å². The van der Waals surface area contributed by atoms with Gasteiger partial charge in [0.05, 0.1) is 30.9 Å². The van der Waals surface area contributed by atoms with Gasteiger partial charge in [-0.15, -0.1) is 11.3 Å². The summed E-state index contributed by atoms with van der Waals surface area (Å²) in [6, 6.07) is 11.3. The summed E-state index contributed by atoms with van der Waals surface area (Å²) in [6.45, 7) is 5.65. The first-order chi connectivity index (χ1) is 16.3. The van der Waals surface area contributed by atoms with Crippen LogP contribution >= 0.6 is 11.3 Å². The van der Waals surface area contributed by atoms with Crippen LogP contribution in [0.1, 0.15) is 34.4 Å². The Morgan fingerprint density at radius 3 is 2.59 bits per heavy atom. The second kappa shape index (κ2) is 9.96. The van der Waals surface area contributed by atoms with Crippen molar-refractivity contribution in [1.29, 1.82) is 0 Å². The molecule has 1 aromatic carbocycles. The van der Waals surface area contributed by atoms with Gasteiger partial charge in [0.2, 0.25) is 10.0 Å². The Kier molecular flexibility index (Phi) is 7.01. The number of nitrogens with zero attached hydrogens (tertiary/aromatic N) is 3. The predicted molar refractivity (Wildman–Crippen MR) is 129 cm³/mol. The maximum atomic E-state index is 13.5. The van der Waals surface area contributed by atoms with Crippen LogP contribution in [-0.2, 0) is 16.6 Å². The Bertz CT molecular complexity index is 1360. The average molecular weight is 500 g/mol. The number of aromatic nitrogens is 2. The van der Waals surface area contributed by atoms with Gasteiger partial charge in [-0.25, -0.2) is 13.4 Å². The second-order valence-electron chi connectivity index (χ2n) is 7.61. The summed E-state index contributed by atoms with van der Waals surface area (Å²) < 4.78 is 40.9. The zero-order valence-corrected chi connectivity index (χ0v) is 20.7. The SMILES string of the molecule is CCOc1ccc(S(=O)(=O)N(CC(=O)c2cc(C)n(-c3nccs3)c2C)Cc2ccco2)cc1. The van der Waals surface area contributed by atoms with E-state index < -0.39 is 10.0 Å². The minimum Gasteiger partial charge on any atom is -0.494 e. The van der Waals surface area contributed by atoms with Crippen molar-refractivity contribution in [1.82, 2.24) is 13.9 Å². The van der Waals surface area contributed by atoms with Crippen molar-refractivity contribution in [3.8, 4) is 10.9 Å². The van der Waals surface area contributed by atoms with Crippen LogP contribution in [0.3, 0.4) is 0 Å². The molecule has 4 aromatic rings. The first-order valence-corrected chi connectivity index (χ1v) is 13.0. The lowest BCUT2D eigenvalue weighted by atomic mass is 10.1. The molecule has 0 fully saturated rings. The normalized spacial score (nSPS) is 11.8. The molecule has 0 amide bonds. The molecule has 10 heteroatoms. The van der Waals surface area contributed by atoms with Crippen molar-refractivity contribution >= 4 is 27.1 Å². The smallest absolute Gasteiger partial charge is 0.243 e. The van der Waals surface area contributed by atoms with E-state index >= 15 is 0 Å². The molecule has 0 atom stereocenters. The van der Waals surface area contributed by atoms with Crippen LogP contribution in [-0.4, -0.2) is 41.2 Å². The topological polar surface area (TPSA) is 94.6 Å². The van der Waals surface area contributed by atoms with Gasteiger partial charge < -0.3 is 9.15 Å². The highest BCUT2D eigenvalue weighted by Gasteiger charge is 2.29. The number of thiazole rings is 1. The summed E-state index contributed by atoms with van der Waals surface area (Å²) in [5.41, 5.74) is 2.02. The van der Waals surface area contributed by atoms with E-state index in [0.717, 1.165) is 15.1 Å². The quantitative estimate of drug-likeness (QED) is 0.296. The third-order valence-electron chi connectivity index (χ3n) is 5.35. The number of hydrogen-bond donors (Lipinski definition) is 0. The molecule has 0 spiro atoms. The van der Waals surface area contributed by atoms with Crippen LogP contribution in [0.25, 0.3) is 5.13 Å². The number of carbonyl (C=O) groups excluding carboxylic acids is 1. The molecule has 34 heavy (non-hydrogen) atoms. The monoisotopic (exact) mass is 499 g/mol. The lowest BCUT2D eigenvalue weighted by molar-refractivity contribution is 0.0962. The van der Waals surface area contributed by atoms with Crippen LogP contribution < -0.4 is 4.74 Å². The molecule has 8 nitrogen and oxygen atoms in total. The molecule has 0 aliphatic rings. The van der Waals surface area contributed by atoms with Crippen molar-refractivity contribution in [2.75, 3.05) is 13.2 Å². The Hall–Kier alpha value is -3.21. The van der Waals surface area contributed by atoms with Crippen molar-refractivity contribution in [2.45, 2.75) is 32.2 Å². The molecular formula is C24H25N3O5S2. The van der Waals surface area contributed by atoms with E-state index in [-0.39, 0.29) is 23.8 Å². The lowest BCUT2D eigenvalue weighted by Crippen LogP contribution is -2.35. The molecule has 0 unspecified atom stereocenters. The zero-order valence-electron chi connectivity index (χ0n) is 19.1. The molecule has 178 valence electrons. The summed E-state index contributed by atoms with van der Waals surface area (Å²) in [6.07, 6.45) is 3.18. The van der Waals surface area contributed by atoms with E-state index in [1.807, 2.05) is 30.7 Å². The Labute approximate surface area is 202 Å². The number of aryl methyl sites for hydroxylation is 1. The van der Waals surface area contributed by atoms with Crippen LogP contribution in [0.5, 0.6) is 5.75 Å². The number of carbonyl (C=O) groups is 1. The van der Waals surface area contributed by atoms with Gasteiger partial charge in [0.1, 0.15) is 11.5 Å². The largest absolute Gasteiger partial charge is 0.494 e. The van der Waals surface area contributed by atoms with Gasteiger partial charge >= 0.3 is 0 Å². The minimum absolute atomic E-state index is 0.0699. The van der Waals surface area contributed by atoms with Gasteiger partial charge in [-0.05, 0) is 63.2 Å². The second-order valence-corrected chi connectivity index (χ2v) is 10.4. The summed E-state index contributed by atoms with van der Waals surface area (Å²) >= 11 is 1.46. The summed E-state index contributed by atoms with van der Waals surface area (Å²) in [5.74, 6) is 0.706. The highest BCUT2D eigenvalue weighted by Crippen LogP contribution is 2.25. The van der Waals surface area contributed by atoms with E-state index in [4.69, 9.17) is 9.15 Å². The summed E-state index contributed by atoms with van der Waals surface area (Å²) in [5, 5.41) is 2.62. The standard InChI is InChI=1S/C24H25N3O5S2/c1-4-31-19-7-9-21(10-8-19)34(29,30)26(15-20-6-5-12-32-20)16-23(28)22-14-17(2)27(18(22)3)24-25-11-13-33-24/h5-14H,4,15-16H2,1-3H3. The van der Waals surface area contributed by atoms with Crippen LogP contribution in [0.15, 0.2) is 69.6 Å². The van der Waals surface area contributed by atoms with Gasteiger partial charge in [0.15, 0.2) is 10.9 Å². The molecule has 3 heterocycles. The Morgan fingerprint density at radius 2 is 1.97 bits per heavy atom. The molecule has 0 N–H and O–H groups in total. The van der Waals surface area contributed by atoms with Gasteiger partial charge in [0, 0.05) is 28.5 Å². The Morgan fingerprint density at radius 1 is 1.21 bits per heavy atom. The van der Waals surface area contributed by atoms with Crippen LogP contribution in [0.4, 0.5) is 0 Å². The van der Waals surface area contributed by atoms with Gasteiger partial charge in [-0.2, -0.15) is 4.31 Å². The van der Waals surface area contributed by atoms with E-state index in [1.54, 1.807) is 36.5 Å². The van der Waals surface area contributed by atoms with E-state index in [9.17, 15) is 13.2 Å². The number of furan rings is 1. The number of benzene rings is 1. The maximum absolute atomic E-state index is 13.5.